The van der Waals surface area contributed by atoms with E-state index in [0.29, 0.717) is 28.4 Å². The van der Waals surface area contributed by atoms with E-state index in [4.69, 9.17) is 4.74 Å². The summed E-state index contributed by atoms with van der Waals surface area (Å²) >= 11 is 0. The number of likely N-dealkylation sites (N-methyl/N-ethyl adjacent to an activating group) is 1. The highest BCUT2D eigenvalue weighted by molar-refractivity contribution is 6.82. The second-order valence-corrected chi connectivity index (χ2v) is 17.2. The highest BCUT2D eigenvalue weighted by atomic mass is 28.3. The van der Waals surface area contributed by atoms with E-state index in [2.05, 4.69) is 87.1 Å². The van der Waals surface area contributed by atoms with Gasteiger partial charge in [0.2, 0.25) is 0 Å². The molecule has 0 radical (unpaired) electrons. The number of hydrogen-bond donors (Lipinski definition) is 0. The molecule has 1 aromatic carbocycles. The van der Waals surface area contributed by atoms with Gasteiger partial charge in [0.05, 0.1) is 12.8 Å². The molecule has 0 amide bonds. The third-order valence-electron chi connectivity index (χ3n) is 8.65. The number of likely N-dealkylation sites (tertiary alicyclic amines) is 1. The first kappa shape index (κ1) is 26.6. The van der Waals surface area contributed by atoms with E-state index in [1.165, 1.54) is 43.0 Å². The first-order chi connectivity index (χ1) is 17.1. The van der Waals surface area contributed by atoms with E-state index in [1.54, 1.807) is 6.07 Å². The SMILES string of the molecule is COC(=O)c1cccc(-c2ccc3c(c2)c(C[C@H]2CCCN2C)cn3[Si](C(C)C)(C(C)C)C(C)C)n1. The molecule has 1 fully saturated rings. The zero-order valence-electron chi connectivity index (χ0n) is 23.3. The van der Waals surface area contributed by atoms with Crippen LogP contribution in [0.5, 0.6) is 0 Å². The Morgan fingerprint density at radius 3 is 2.36 bits per heavy atom. The van der Waals surface area contributed by atoms with Crippen LogP contribution in [0.2, 0.25) is 16.6 Å². The summed E-state index contributed by atoms with van der Waals surface area (Å²) in [5.41, 5.74) is 6.82. The summed E-state index contributed by atoms with van der Waals surface area (Å²) in [6.07, 6.45) is 6.12. The van der Waals surface area contributed by atoms with Gasteiger partial charge in [-0.2, -0.15) is 0 Å². The molecule has 1 aliphatic rings. The molecule has 0 N–H and O–H groups in total. The molecule has 194 valence electrons. The fraction of sp³-hybridized carbons (Fsp3) is 0.533. The van der Waals surface area contributed by atoms with E-state index in [-0.39, 0.29) is 0 Å². The number of fused-ring (bicyclic) bond motifs is 1. The maximum atomic E-state index is 12.1. The zero-order chi connectivity index (χ0) is 26.2. The Bertz CT molecular complexity index is 1210. The highest BCUT2D eigenvalue weighted by Gasteiger charge is 2.46. The lowest BCUT2D eigenvalue weighted by Crippen LogP contribution is -2.51. The zero-order valence-corrected chi connectivity index (χ0v) is 24.3. The van der Waals surface area contributed by atoms with Crippen molar-refractivity contribution in [3.8, 4) is 11.3 Å². The van der Waals surface area contributed by atoms with Crippen LogP contribution in [0.25, 0.3) is 22.2 Å². The average Bonchev–Trinajstić information content (AvgIpc) is 3.41. The normalized spacial score (nSPS) is 17.1. The van der Waals surface area contributed by atoms with Gasteiger partial charge in [-0.15, -0.1) is 0 Å². The second kappa shape index (κ2) is 10.5. The van der Waals surface area contributed by atoms with Crippen LogP contribution < -0.4 is 0 Å². The molecule has 0 unspecified atom stereocenters. The van der Waals surface area contributed by atoms with Crippen molar-refractivity contribution >= 4 is 25.1 Å². The van der Waals surface area contributed by atoms with E-state index in [9.17, 15) is 4.79 Å². The Morgan fingerprint density at radius 1 is 1.08 bits per heavy atom. The van der Waals surface area contributed by atoms with Crippen LogP contribution >= 0.6 is 0 Å². The predicted octanol–water partition coefficient (Wildman–Crippen LogP) is 7.15. The molecule has 1 atom stereocenters. The molecule has 0 saturated carbocycles. The van der Waals surface area contributed by atoms with Gasteiger partial charge in [-0.05, 0) is 85.5 Å². The molecule has 36 heavy (non-hydrogen) atoms. The van der Waals surface area contributed by atoms with Crippen LogP contribution in [0.4, 0.5) is 0 Å². The van der Waals surface area contributed by atoms with Crippen molar-refractivity contribution in [2.75, 3.05) is 20.7 Å². The molecule has 3 heterocycles. The number of carbonyl (C=O) groups is 1. The number of esters is 1. The third-order valence-corrected chi connectivity index (χ3v) is 15.4. The molecular formula is C30H43N3O2Si. The number of pyridine rings is 1. The summed E-state index contributed by atoms with van der Waals surface area (Å²) in [5.74, 6) is -0.407. The standard InChI is InChI=1S/C30H43N3O2Si/c1-20(2)36(21(3)4,22(5)6)33-19-24(17-25-11-10-16-32(25)7)26-18-23(14-15-29(26)33)27-12-9-13-28(31-27)30(34)35-8/h9,12-15,18-22,25H,10-11,16-17H2,1-8H3/t25-/m1/s1. The molecule has 2 aromatic heterocycles. The molecule has 6 heteroatoms. The van der Waals surface area contributed by atoms with Crippen LogP contribution in [0.3, 0.4) is 0 Å². The van der Waals surface area contributed by atoms with Gasteiger partial charge >= 0.3 is 5.97 Å². The smallest absolute Gasteiger partial charge is 0.356 e. The van der Waals surface area contributed by atoms with E-state index in [1.807, 2.05) is 12.1 Å². The summed E-state index contributed by atoms with van der Waals surface area (Å²) in [4.78, 5) is 19.2. The molecule has 5 nitrogen and oxygen atoms in total. The van der Waals surface area contributed by atoms with Crippen molar-refractivity contribution in [2.24, 2.45) is 0 Å². The topological polar surface area (TPSA) is 47.4 Å². The minimum absolute atomic E-state index is 0.339. The number of rotatable bonds is 8. The lowest BCUT2D eigenvalue weighted by atomic mass is 10.0. The lowest BCUT2D eigenvalue weighted by Gasteiger charge is -2.44. The first-order valence-electron chi connectivity index (χ1n) is 13.5. The van der Waals surface area contributed by atoms with Crippen molar-refractivity contribution in [3.63, 3.8) is 0 Å². The van der Waals surface area contributed by atoms with Gasteiger partial charge in [0.25, 0.3) is 0 Å². The number of benzene rings is 1. The second-order valence-electron chi connectivity index (χ2n) is 11.5. The molecule has 0 aliphatic carbocycles. The van der Waals surface area contributed by atoms with Crippen LogP contribution in [-0.2, 0) is 11.2 Å². The average molecular weight is 506 g/mol. The number of nitrogens with zero attached hydrogens (tertiary/aromatic N) is 3. The summed E-state index contributed by atoms with van der Waals surface area (Å²) in [7, 11) is 1.74. The van der Waals surface area contributed by atoms with Gasteiger partial charge in [-0.1, -0.05) is 53.7 Å². The van der Waals surface area contributed by atoms with Crippen molar-refractivity contribution in [1.82, 2.24) is 14.1 Å². The lowest BCUT2D eigenvalue weighted by molar-refractivity contribution is 0.0594. The van der Waals surface area contributed by atoms with Crippen LogP contribution in [0, 0.1) is 0 Å². The minimum Gasteiger partial charge on any atom is -0.464 e. The predicted molar refractivity (Wildman–Crippen MR) is 152 cm³/mol. The molecule has 3 aromatic rings. The Morgan fingerprint density at radius 2 is 1.78 bits per heavy atom. The molecule has 1 saturated heterocycles. The molecule has 0 bridgehead atoms. The summed E-state index contributed by atoms with van der Waals surface area (Å²) < 4.78 is 7.65. The monoisotopic (exact) mass is 505 g/mol. The number of aromatic nitrogens is 2. The number of carbonyl (C=O) groups excluding carboxylic acids is 1. The highest BCUT2D eigenvalue weighted by Crippen LogP contribution is 2.45. The number of hydrogen-bond acceptors (Lipinski definition) is 4. The Labute approximate surface area is 218 Å². The summed E-state index contributed by atoms with van der Waals surface area (Å²) in [6.45, 7) is 15.8. The summed E-state index contributed by atoms with van der Waals surface area (Å²) in [5, 5.41) is 1.33. The van der Waals surface area contributed by atoms with Crippen LogP contribution in [-0.4, -0.2) is 55.1 Å². The summed E-state index contributed by atoms with van der Waals surface area (Å²) in [6, 6.07) is 12.9. The van der Waals surface area contributed by atoms with E-state index < -0.39 is 14.2 Å². The van der Waals surface area contributed by atoms with E-state index >= 15 is 0 Å². The van der Waals surface area contributed by atoms with Gasteiger partial charge in [0, 0.05) is 22.5 Å². The van der Waals surface area contributed by atoms with Crippen molar-refractivity contribution in [1.29, 1.82) is 0 Å². The fourth-order valence-electron chi connectivity index (χ4n) is 7.08. The van der Waals surface area contributed by atoms with Crippen molar-refractivity contribution < 1.29 is 9.53 Å². The Kier molecular flexibility index (Phi) is 7.77. The minimum atomic E-state index is -1.92. The number of methoxy groups -OCH3 is 1. The van der Waals surface area contributed by atoms with E-state index in [0.717, 1.165) is 17.7 Å². The third kappa shape index (κ3) is 4.54. The quantitative estimate of drug-likeness (QED) is 0.241. The molecule has 4 rings (SSSR count). The van der Waals surface area contributed by atoms with Gasteiger partial charge in [0.1, 0.15) is 5.69 Å². The van der Waals surface area contributed by atoms with Gasteiger partial charge < -0.3 is 13.9 Å². The number of ether oxygens (including phenoxy) is 1. The first-order valence-corrected chi connectivity index (χ1v) is 15.7. The van der Waals surface area contributed by atoms with Gasteiger partial charge in [0.15, 0.2) is 8.24 Å². The molecule has 1 aliphatic heterocycles. The van der Waals surface area contributed by atoms with Crippen molar-refractivity contribution in [3.05, 3.63) is 53.9 Å². The van der Waals surface area contributed by atoms with Crippen molar-refractivity contribution in [2.45, 2.75) is 83.5 Å². The maximum Gasteiger partial charge on any atom is 0.356 e. The van der Waals surface area contributed by atoms with Gasteiger partial charge in [-0.3, -0.25) is 0 Å². The Balaban J connectivity index is 1.92. The molecular weight excluding hydrogens is 462 g/mol. The maximum absolute atomic E-state index is 12.1. The Hall–Kier alpha value is -2.44. The largest absolute Gasteiger partial charge is 0.464 e. The van der Waals surface area contributed by atoms with Gasteiger partial charge in [-0.25, -0.2) is 9.78 Å². The van der Waals surface area contributed by atoms with Crippen LogP contribution in [0.1, 0.15) is 70.4 Å². The molecule has 0 spiro atoms. The van der Waals surface area contributed by atoms with Crippen LogP contribution in [0.15, 0.2) is 42.6 Å². The fourth-order valence-corrected chi connectivity index (χ4v) is 13.7.